The van der Waals surface area contributed by atoms with Crippen molar-refractivity contribution in [1.82, 2.24) is 5.32 Å². The number of carbonyl (C=O) groups is 2. The number of non-ortho nitro benzene ring substituents is 2. The van der Waals surface area contributed by atoms with Crippen molar-refractivity contribution in [2.75, 3.05) is 13.2 Å². The zero-order valence-electron chi connectivity index (χ0n) is 19.8. The second kappa shape index (κ2) is 10.5. The predicted molar refractivity (Wildman–Crippen MR) is 125 cm³/mol. The second-order valence-corrected chi connectivity index (χ2v) is 8.01. The number of benzene rings is 2. The van der Waals surface area contributed by atoms with Gasteiger partial charge in [-0.25, -0.2) is 4.79 Å². The van der Waals surface area contributed by atoms with Gasteiger partial charge in [0.25, 0.3) is 11.4 Å². The zero-order chi connectivity index (χ0) is 26.6. The quantitative estimate of drug-likeness (QED) is 0.312. The fraction of sp³-hybridized carbons (Fsp3) is 0.333. The van der Waals surface area contributed by atoms with Crippen molar-refractivity contribution in [2.24, 2.45) is 5.92 Å². The lowest BCUT2D eigenvalue weighted by Crippen LogP contribution is -2.57. The van der Waals surface area contributed by atoms with Crippen molar-refractivity contribution < 1.29 is 34.0 Å². The van der Waals surface area contributed by atoms with Crippen LogP contribution in [0.4, 0.5) is 11.4 Å². The average Bonchev–Trinajstić information content (AvgIpc) is 2.83. The van der Waals surface area contributed by atoms with Crippen LogP contribution in [0, 0.1) is 26.1 Å². The summed E-state index contributed by atoms with van der Waals surface area (Å²) >= 11 is 0. The van der Waals surface area contributed by atoms with E-state index < -0.39 is 39.3 Å². The molecule has 2 N–H and O–H groups in total. The van der Waals surface area contributed by atoms with E-state index in [1.807, 2.05) is 0 Å². The monoisotopic (exact) mass is 499 g/mol. The molecule has 0 saturated carbocycles. The lowest BCUT2D eigenvalue weighted by Gasteiger charge is -2.45. The van der Waals surface area contributed by atoms with E-state index in [1.54, 1.807) is 13.8 Å². The van der Waals surface area contributed by atoms with E-state index in [2.05, 4.69) is 5.32 Å². The Balaban J connectivity index is 2.32. The van der Waals surface area contributed by atoms with Gasteiger partial charge in [-0.15, -0.1) is 0 Å². The highest BCUT2D eigenvalue weighted by Gasteiger charge is 2.55. The fourth-order valence-electron chi connectivity index (χ4n) is 4.38. The van der Waals surface area contributed by atoms with Gasteiger partial charge >= 0.3 is 11.9 Å². The van der Waals surface area contributed by atoms with Crippen LogP contribution in [0.25, 0.3) is 0 Å². The highest BCUT2D eigenvalue weighted by Crippen LogP contribution is 2.48. The fourth-order valence-corrected chi connectivity index (χ4v) is 4.38. The van der Waals surface area contributed by atoms with Gasteiger partial charge in [-0.2, -0.15) is 0 Å². The van der Waals surface area contributed by atoms with Gasteiger partial charge in [-0.1, -0.05) is 12.1 Å². The first kappa shape index (κ1) is 26.3. The number of nitrogens with zero attached hydrogens (tertiary/aromatic N) is 2. The number of hydrogen-bond donors (Lipinski definition) is 2. The van der Waals surface area contributed by atoms with Gasteiger partial charge in [0, 0.05) is 41.4 Å². The van der Waals surface area contributed by atoms with Crippen molar-refractivity contribution in [3.8, 4) is 0 Å². The minimum atomic E-state index is -2.20. The normalized spacial score (nSPS) is 21.3. The predicted octanol–water partition coefficient (Wildman–Crippen LogP) is 3.05. The Morgan fingerprint density at radius 1 is 1.00 bits per heavy atom. The van der Waals surface area contributed by atoms with Crippen LogP contribution >= 0.6 is 0 Å². The Bertz CT molecular complexity index is 1230. The maximum atomic E-state index is 13.4. The van der Waals surface area contributed by atoms with Gasteiger partial charge in [0.05, 0.1) is 28.6 Å². The molecular formula is C24H25N3O9. The molecule has 0 radical (unpaired) electrons. The van der Waals surface area contributed by atoms with Crippen LogP contribution in [0.3, 0.4) is 0 Å². The number of esters is 2. The topological polar surface area (TPSA) is 171 Å². The summed E-state index contributed by atoms with van der Waals surface area (Å²) in [6.07, 6.45) is 0. The minimum Gasteiger partial charge on any atom is -0.466 e. The molecule has 1 heterocycles. The average molecular weight is 499 g/mol. The van der Waals surface area contributed by atoms with Crippen molar-refractivity contribution in [1.29, 1.82) is 0 Å². The molecule has 0 bridgehead atoms. The highest BCUT2D eigenvalue weighted by molar-refractivity contribution is 5.93. The van der Waals surface area contributed by atoms with Crippen LogP contribution in [-0.4, -0.2) is 40.1 Å². The van der Waals surface area contributed by atoms with E-state index >= 15 is 0 Å². The zero-order valence-corrected chi connectivity index (χ0v) is 19.8. The first-order chi connectivity index (χ1) is 17.0. The lowest BCUT2D eigenvalue weighted by molar-refractivity contribution is -0.385. The molecule has 36 heavy (non-hydrogen) atoms. The summed E-state index contributed by atoms with van der Waals surface area (Å²) in [6, 6.07) is 10.3. The number of nitrogens with one attached hydrogen (secondary N) is 1. The van der Waals surface area contributed by atoms with E-state index in [1.165, 1.54) is 55.5 Å². The molecule has 3 atom stereocenters. The first-order valence-electron chi connectivity index (χ1n) is 11.1. The Hall–Kier alpha value is -4.32. The van der Waals surface area contributed by atoms with Gasteiger partial charge < -0.3 is 19.9 Å². The van der Waals surface area contributed by atoms with Crippen LogP contribution in [0.5, 0.6) is 0 Å². The third kappa shape index (κ3) is 4.89. The summed E-state index contributed by atoms with van der Waals surface area (Å²) in [5, 5.41) is 37.3. The summed E-state index contributed by atoms with van der Waals surface area (Å²) in [7, 11) is 0. The van der Waals surface area contributed by atoms with Crippen LogP contribution in [-0.2, 0) is 24.8 Å². The number of ether oxygens (including phenoxy) is 2. The molecular weight excluding hydrogens is 474 g/mol. The molecule has 0 saturated heterocycles. The second-order valence-electron chi connectivity index (χ2n) is 8.01. The molecule has 0 fully saturated rings. The molecule has 3 unspecified atom stereocenters. The molecule has 0 aromatic heterocycles. The van der Waals surface area contributed by atoms with Crippen LogP contribution < -0.4 is 5.32 Å². The molecule has 2 aromatic carbocycles. The van der Waals surface area contributed by atoms with E-state index in [9.17, 15) is 34.9 Å². The number of carbonyl (C=O) groups excluding carboxylic acids is 2. The minimum absolute atomic E-state index is 0.0120. The Kier molecular flexibility index (Phi) is 7.68. The molecule has 190 valence electrons. The van der Waals surface area contributed by atoms with E-state index in [4.69, 9.17) is 9.47 Å². The van der Waals surface area contributed by atoms with E-state index in [0.29, 0.717) is 0 Å². The van der Waals surface area contributed by atoms with E-state index in [0.717, 1.165) is 0 Å². The lowest BCUT2D eigenvalue weighted by atomic mass is 9.69. The SMILES string of the molecule is CCOC(=O)C1=C(C)NC(O)(c2ccc([N+](=O)[O-])cc2)C(C(=O)OCC)C1c1cccc([N+](=O)[O-])c1. The van der Waals surface area contributed by atoms with Crippen LogP contribution in [0.15, 0.2) is 59.8 Å². The maximum absolute atomic E-state index is 13.4. The van der Waals surface area contributed by atoms with Crippen molar-refractivity contribution in [2.45, 2.75) is 32.4 Å². The van der Waals surface area contributed by atoms with E-state index in [-0.39, 0.29) is 47.0 Å². The summed E-state index contributed by atoms with van der Waals surface area (Å²) in [4.78, 5) is 47.8. The molecule has 0 amide bonds. The molecule has 2 aromatic rings. The van der Waals surface area contributed by atoms with Gasteiger partial charge in [0.2, 0.25) is 0 Å². The van der Waals surface area contributed by atoms with Gasteiger partial charge in [0.15, 0.2) is 5.72 Å². The highest BCUT2D eigenvalue weighted by atomic mass is 16.6. The Labute approximate surface area is 205 Å². The number of allylic oxidation sites excluding steroid dienone is 1. The first-order valence-corrected chi connectivity index (χ1v) is 11.1. The third-order valence-electron chi connectivity index (χ3n) is 5.87. The summed E-state index contributed by atoms with van der Waals surface area (Å²) in [6.45, 7) is 4.63. The molecule has 0 spiro atoms. The number of nitro groups is 2. The summed E-state index contributed by atoms with van der Waals surface area (Å²) in [5.74, 6) is -4.41. The summed E-state index contributed by atoms with van der Waals surface area (Å²) in [5.41, 5.74) is -2.28. The van der Waals surface area contributed by atoms with Gasteiger partial charge in [0.1, 0.15) is 5.92 Å². The number of rotatable bonds is 8. The number of nitro benzene ring substituents is 2. The number of aliphatic hydroxyl groups is 1. The van der Waals surface area contributed by atoms with Crippen molar-refractivity contribution >= 4 is 23.3 Å². The number of hydrogen-bond acceptors (Lipinski definition) is 10. The molecule has 12 nitrogen and oxygen atoms in total. The van der Waals surface area contributed by atoms with Crippen LogP contribution in [0.1, 0.15) is 37.8 Å². The molecule has 3 rings (SSSR count). The Morgan fingerprint density at radius 3 is 2.17 bits per heavy atom. The maximum Gasteiger partial charge on any atom is 0.336 e. The molecule has 12 heteroatoms. The van der Waals surface area contributed by atoms with Crippen LogP contribution in [0.2, 0.25) is 0 Å². The standard InChI is InChI=1S/C24H25N3O9/c1-4-35-22(28)19-14(3)25-24(30,16-9-11-17(12-10-16)26(31)32)21(23(29)36-5-2)20(19)15-7-6-8-18(13-15)27(33)34/h6-13,20-21,25,30H,4-5H2,1-3H3. The van der Waals surface area contributed by atoms with Gasteiger partial charge in [-0.3, -0.25) is 25.0 Å². The van der Waals surface area contributed by atoms with Crippen molar-refractivity contribution in [3.63, 3.8) is 0 Å². The Morgan fingerprint density at radius 2 is 1.61 bits per heavy atom. The molecule has 0 aliphatic carbocycles. The molecule has 1 aliphatic rings. The third-order valence-corrected chi connectivity index (χ3v) is 5.87. The largest absolute Gasteiger partial charge is 0.466 e. The van der Waals surface area contributed by atoms with Gasteiger partial charge in [-0.05, 0) is 38.5 Å². The summed E-state index contributed by atoms with van der Waals surface area (Å²) < 4.78 is 10.5. The molecule has 1 aliphatic heterocycles. The smallest absolute Gasteiger partial charge is 0.336 e. The van der Waals surface area contributed by atoms with Crippen molar-refractivity contribution in [3.05, 3.63) is 91.2 Å².